The molecule has 4 atom stereocenters. The molecule has 1 saturated carbocycles. The molecule has 2 heterocycles. The second-order valence-electron chi connectivity index (χ2n) is 6.87. The maximum Gasteiger partial charge on any atom is 0.176 e. The Balaban J connectivity index is 1.71. The number of nitrogens with zero attached hydrogens (tertiary/aromatic N) is 2. The van der Waals surface area contributed by atoms with Crippen molar-refractivity contribution in [2.75, 3.05) is 0 Å². The van der Waals surface area contributed by atoms with Crippen LogP contribution in [-0.2, 0) is 16.6 Å². The summed E-state index contributed by atoms with van der Waals surface area (Å²) in [6.45, 7) is 2.06. The maximum absolute atomic E-state index is 13.1. The van der Waals surface area contributed by atoms with E-state index >= 15 is 0 Å². The first kappa shape index (κ1) is 15.4. The highest BCUT2D eigenvalue weighted by atomic mass is 16.5. The first-order chi connectivity index (χ1) is 11.6. The highest BCUT2D eigenvalue weighted by Gasteiger charge is 2.44. The number of aliphatic hydroxyl groups excluding tert-OH is 1. The average molecular weight is 326 g/mol. The largest absolute Gasteiger partial charge is 0.496 e. The van der Waals surface area contributed by atoms with Crippen LogP contribution in [0.4, 0.5) is 0 Å². The highest BCUT2D eigenvalue weighted by molar-refractivity contribution is 6.21. The van der Waals surface area contributed by atoms with Gasteiger partial charge in [-0.15, -0.1) is 0 Å². The van der Waals surface area contributed by atoms with Crippen LogP contribution in [0.2, 0.25) is 0 Å². The number of fused-ring (bicyclic) bond motifs is 2. The number of rotatable bonds is 2. The Bertz CT molecular complexity index is 823. The van der Waals surface area contributed by atoms with Crippen LogP contribution in [0.3, 0.4) is 0 Å². The first-order valence-corrected chi connectivity index (χ1v) is 8.60. The number of Topliss-reactive ketones (excluding diaryl/α,β-unsaturated/α-hetero) is 1. The van der Waals surface area contributed by atoms with E-state index in [4.69, 9.17) is 4.74 Å². The Labute approximate surface area is 140 Å². The molecule has 2 aliphatic rings. The van der Waals surface area contributed by atoms with Gasteiger partial charge in [-0.05, 0) is 24.5 Å². The fraction of sp³-hybridized carbons (Fsp3) is 0.474. The standard InChI is InChI=1S/C19H22N2O3/c1-3-11-8-12-17(9-16(11)22)24-10-13(18(12)23)19-20-14-6-4-5-7-15(14)21(19)2/h4-7,10-12,16-17,22H,3,8-9H2,1-2H3. The quantitative estimate of drug-likeness (QED) is 0.921. The van der Waals surface area contributed by atoms with Crippen molar-refractivity contribution in [2.24, 2.45) is 18.9 Å². The van der Waals surface area contributed by atoms with Gasteiger partial charge in [-0.1, -0.05) is 25.5 Å². The molecule has 1 aromatic carbocycles. The molecule has 1 aromatic heterocycles. The summed E-state index contributed by atoms with van der Waals surface area (Å²) >= 11 is 0. The summed E-state index contributed by atoms with van der Waals surface area (Å²) in [4.78, 5) is 17.7. The molecule has 4 rings (SSSR count). The molecule has 0 amide bonds. The average Bonchev–Trinajstić information content (AvgIpc) is 2.92. The minimum atomic E-state index is -0.380. The first-order valence-electron chi connectivity index (χ1n) is 8.60. The summed E-state index contributed by atoms with van der Waals surface area (Å²) in [5.41, 5.74) is 2.41. The lowest BCUT2D eigenvalue weighted by Crippen LogP contribution is -2.45. The topological polar surface area (TPSA) is 64.4 Å². The van der Waals surface area contributed by atoms with Crippen LogP contribution < -0.4 is 0 Å². The van der Waals surface area contributed by atoms with Crippen molar-refractivity contribution in [1.29, 1.82) is 0 Å². The predicted molar refractivity (Wildman–Crippen MR) is 91.1 cm³/mol. The summed E-state index contributed by atoms with van der Waals surface area (Å²) in [6.07, 6.45) is 3.04. The van der Waals surface area contributed by atoms with Gasteiger partial charge in [0.15, 0.2) is 5.78 Å². The van der Waals surface area contributed by atoms with Crippen LogP contribution in [0.5, 0.6) is 0 Å². The van der Waals surface area contributed by atoms with Gasteiger partial charge in [0, 0.05) is 13.5 Å². The van der Waals surface area contributed by atoms with Gasteiger partial charge in [-0.3, -0.25) is 4.79 Å². The number of aliphatic hydroxyl groups is 1. The number of hydrogen-bond acceptors (Lipinski definition) is 4. The number of carbonyl (C=O) groups excluding carboxylic acids is 1. The summed E-state index contributed by atoms with van der Waals surface area (Å²) in [5, 5.41) is 10.2. The van der Waals surface area contributed by atoms with E-state index in [1.807, 2.05) is 35.9 Å². The molecule has 1 N–H and O–H groups in total. The monoisotopic (exact) mass is 326 g/mol. The number of aromatic nitrogens is 2. The van der Waals surface area contributed by atoms with Gasteiger partial charge in [0.05, 0.1) is 34.9 Å². The summed E-state index contributed by atoms with van der Waals surface area (Å²) in [7, 11) is 1.92. The minimum absolute atomic E-state index is 0.0926. The van der Waals surface area contributed by atoms with E-state index in [-0.39, 0.29) is 29.8 Å². The number of ether oxygens (including phenoxy) is 1. The van der Waals surface area contributed by atoms with Gasteiger partial charge >= 0.3 is 0 Å². The number of imidazole rings is 1. The maximum atomic E-state index is 13.1. The van der Waals surface area contributed by atoms with Crippen molar-refractivity contribution in [3.05, 3.63) is 36.4 Å². The Kier molecular flexibility index (Phi) is 3.68. The number of ketones is 1. The Morgan fingerprint density at radius 2 is 2.12 bits per heavy atom. The van der Waals surface area contributed by atoms with Crippen LogP contribution >= 0.6 is 0 Å². The summed E-state index contributed by atoms with van der Waals surface area (Å²) in [6, 6.07) is 7.84. The molecule has 0 radical (unpaired) electrons. The minimum Gasteiger partial charge on any atom is -0.496 e. The molecule has 1 aliphatic carbocycles. The van der Waals surface area contributed by atoms with E-state index in [1.54, 1.807) is 6.26 Å². The third kappa shape index (κ3) is 2.26. The van der Waals surface area contributed by atoms with Crippen molar-refractivity contribution < 1.29 is 14.6 Å². The van der Waals surface area contributed by atoms with Crippen molar-refractivity contribution in [1.82, 2.24) is 9.55 Å². The fourth-order valence-electron chi connectivity index (χ4n) is 4.06. The summed E-state index contributed by atoms with van der Waals surface area (Å²) < 4.78 is 7.78. The molecule has 5 nitrogen and oxygen atoms in total. The van der Waals surface area contributed by atoms with Gasteiger partial charge < -0.3 is 14.4 Å². The van der Waals surface area contributed by atoms with Crippen molar-refractivity contribution >= 4 is 22.4 Å². The Morgan fingerprint density at radius 1 is 1.33 bits per heavy atom. The molecule has 1 fully saturated rings. The van der Waals surface area contributed by atoms with Gasteiger partial charge in [0.25, 0.3) is 0 Å². The summed E-state index contributed by atoms with van der Waals surface area (Å²) in [5.74, 6) is 0.727. The van der Waals surface area contributed by atoms with Crippen molar-refractivity contribution in [3.8, 4) is 0 Å². The van der Waals surface area contributed by atoms with Crippen LogP contribution in [-0.4, -0.2) is 32.6 Å². The zero-order chi connectivity index (χ0) is 16.8. The lowest BCUT2D eigenvalue weighted by molar-refractivity contribution is -0.129. The fourth-order valence-corrected chi connectivity index (χ4v) is 4.06. The van der Waals surface area contributed by atoms with E-state index in [0.717, 1.165) is 17.5 Å². The molecular formula is C19H22N2O3. The number of para-hydroxylation sites is 2. The molecule has 2 aromatic rings. The van der Waals surface area contributed by atoms with Gasteiger partial charge in [0.1, 0.15) is 11.9 Å². The molecule has 1 aliphatic heterocycles. The molecule has 0 saturated heterocycles. The number of hydrogen-bond donors (Lipinski definition) is 1. The van der Waals surface area contributed by atoms with Crippen LogP contribution in [0, 0.1) is 11.8 Å². The number of allylic oxidation sites excluding steroid dienone is 1. The van der Waals surface area contributed by atoms with Crippen LogP contribution in [0.1, 0.15) is 32.0 Å². The highest BCUT2D eigenvalue weighted by Crippen LogP contribution is 2.39. The van der Waals surface area contributed by atoms with Crippen LogP contribution in [0.25, 0.3) is 16.6 Å². The lowest BCUT2D eigenvalue weighted by Gasteiger charge is -2.40. The van der Waals surface area contributed by atoms with Gasteiger partial charge in [0.2, 0.25) is 0 Å². The van der Waals surface area contributed by atoms with E-state index in [9.17, 15) is 9.90 Å². The lowest BCUT2D eigenvalue weighted by atomic mass is 9.72. The Morgan fingerprint density at radius 3 is 2.88 bits per heavy atom. The van der Waals surface area contributed by atoms with Crippen molar-refractivity contribution in [3.63, 3.8) is 0 Å². The molecule has 4 unspecified atom stereocenters. The number of benzene rings is 1. The molecule has 0 bridgehead atoms. The SMILES string of the molecule is CCC1CC2C(=O)C(c3nc4ccccc4n3C)=COC2CC1O. The molecule has 0 spiro atoms. The second-order valence-corrected chi connectivity index (χ2v) is 6.87. The third-order valence-electron chi connectivity index (χ3n) is 5.54. The van der Waals surface area contributed by atoms with E-state index in [0.29, 0.717) is 24.2 Å². The second kappa shape index (κ2) is 5.74. The van der Waals surface area contributed by atoms with E-state index in [1.165, 1.54) is 0 Å². The zero-order valence-electron chi connectivity index (χ0n) is 14.0. The predicted octanol–water partition coefficient (Wildman–Crippen LogP) is 2.68. The molecule has 24 heavy (non-hydrogen) atoms. The van der Waals surface area contributed by atoms with Crippen molar-refractivity contribution in [2.45, 2.75) is 38.4 Å². The van der Waals surface area contributed by atoms with Gasteiger partial charge in [-0.2, -0.15) is 0 Å². The Hall–Kier alpha value is -2.14. The smallest absolute Gasteiger partial charge is 0.176 e. The third-order valence-corrected chi connectivity index (χ3v) is 5.54. The van der Waals surface area contributed by atoms with E-state index in [2.05, 4.69) is 11.9 Å². The molecular weight excluding hydrogens is 304 g/mol. The van der Waals surface area contributed by atoms with E-state index < -0.39 is 0 Å². The molecule has 126 valence electrons. The molecule has 5 heteroatoms. The van der Waals surface area contributed by atoms with Crippen LogP contribution in [0.15, 0.2) is 30.5 Å². The zero-order valence-corrected chi connectivity index (χ0v) is 14.0. The number of carbonyl (C=O) groups is 1. The number of aryl methyl sites for hydroxylation is 1. The normalized spacial score (nSPS) is 30.0. The van der Waals surface area contributed by atoms with Gasteiger partial charge in [-0.25, -0.2) is 4.98 Å².